The molecule has 0 bridgehead atoms. The van der Waals surface area contributed by atoms with Crippen molar-refractivity contribution < 1.29 is 19.1 Å². The minimum atomic E-state index is -0.945. The highest BCUT2D eigenvalue weighted by atomic mass is 19.1. The Balaban J connectivity index is 1.83. The highest BCUT2D eigenvalue weighted by molar-refractivity contribution is 6.00. The lowest BCUT2D eigenvalue weighted by atomic mass is 9.99. The fraction of sp³-hybridized carbons (Fsp3) is 0.263. The number of para-hydroxylation sites is 1. The molecule has 24 heavy (non-hydrogen) atoms. The Morgan fingerprint density at radius 2 is 1.88 bits per heavy atom. The predicted octanol–water partition coefficient (Wildman–Crippen LogP) is 3.22. The molecular formula is C19H18FNO3. The molecule has 124 valence electrons. The number of carboxylic acids is 1. The van der Waals surface area contributed by atoms with E-state index in [-0.39, 0.29) is 24.7 Å². The average molecular weight is 327 g/mol. The number of rotatable bonds is 4. The average Bonchev–Trinajstić information content (AvgIpc) is 2.96. The van der Waals surface area contributed by atoms with E-state index in [1.165, 1.54) is 11.0 Å². The lowest BCUT2D eigenvalue weighted by Gasteiger charge is -2.22. The third-order valence-electron chi connectivity index (χ3n) is 4.44. The fourth-order valence-electron chi connectivity index (χ4n) is 3.17. The van der Waals surface area contributed by atoms with Gasteiger partial charge in [0.25, 0.3) is 0 Å². The minimum absolute atomic E-state index is 0.120. The molecule has 0 aromatic heterocycles. The Labute approximate surface area is 139 Å². The third kappa shape index (κ3) is 2.89. The van der Waals surface area contributed by atoms with Gasteiger partial charge in [-0.1, -0.05) is 43.3 Å². The van der Waals surface area contributed by atoms with Gasteiger partial charge in [-0.3, -0.25) is 9.59 Å². The second kappa shape index (κ2) is 6.43. The van der Waals surface area contributed by atoms with Crippen LogP contribution in [0.3, 0.4) is 0 Å². The van der Waals surface area contributed by atoms with Crippen LogP contribution in [0, 0.1) is 11.7 Å². The molecule has 5 heteroatoms. The second-order valence-electron chi connectivity index (χ2n) is 6.10. The molecule has 1 heterocycles. The topological polar surface area (TPSA) is 57.6 Å². The van der Waals surface area contributed by atoms with E-state index in [0.29, 0.717) is 16.8 Å². The molecule has 1 amide bonds. The largest absolute Gasteiger partial charge is 0.481 e. The molecule has 0 saturated heterocycles. The van der Waals surface area contributed by atoms with Crippen molar-refractivity contribution in [3.8, 4) is 0 Å². The molecule has 2 aromatic carbocycles. The van der Waals surface area contributed by atoms with Gasteiger partial charge in [-0.15, -0.1) is 0 Å². The zero-order chi connectivity index (χ0) is 17.3. The Bertz CT molecular complexity index is 790. The quantitative estimate of drug-likeness (QED) is 0.938. The van der Waals surface area contributed by atoms with Gasteiger partial charge in [0.2, 0.25) is 5.91 Å². The Morgan fingerprint density at radius 3 is 2.58 bits per heavy atom. The van der Waals surface area contributed by atoms with Gasteiger partial charge in [0.15, 0.2) is 0 Å². The Kier molecular flexibility index (Phi) is 4.34. The third-order valence-corrected chi connectivity index (χ3v) is 4.44. The number of carbonyl (C=O) groups excluding carboxylic acids is 1. The van der Waals surface area contributed by atoms with E-state index in [1.54, 1.807) is 49.4 Å². The smallest absolute Gasteiger partial charge is 0.312 e. The van der Waals surface area contributed by atoms with Crippen LogP contribution in [0.25, 0.3) is 0 Å². The van der Waals surface area contributed by atoms with Crippen LogP contribution >= 0.6 is 0 Å². The van der Waals surface area contributed by atoms with Crippen molar-refractivity contribution >= 4 is 17.6 Å². The first-order valence-electron chi connectivity index (χ1n) is 7.85. The number of hydrogen-bond donors (Lipinski definition) is 1. The van der Waals surface area contributed by atoms with Crippen LogP contribution in [0.2, 0.25) is 0 Å². The monoisotopic (exact) mass is 327 g/mol. The molecule has 4 nitrogen and oxygen atoms in total. The van der Waals surface area contributed by atoms with Crippen LogP contribution in [0.15, 0.2) is 48.5 Å². The van der Waals surface area contributed by atoms with E-state index in [0.717, 1.165) is 0 Å². The molecule has 0 radical (unpaired) electrons. The first-order chi connectivity index (χ1) is 11.5. The van der Waals surface area contributed by atoms with Gasteiger partial charge >= 0.3 is 5.97 Å². The highest BCUT2D eigenvalue weighted by Crippen LogP contribution is 2.37. The first-order valence-corrected chi connectivity index (χ1v) is 7.85. The maximum atomic E-state index is 13.8. The number of benzene rings is 2. The summed E-state index contributed by atoms with van der Waals surface area (Å²) in [6.07, 6.45) is 0.280. The molecule has 0 spiro atoms. The van der Waals surface area contributed by atoms with E-state index in [1.807, 2.05) is 0 Å². The number of carboxylic acid groups (broad SMARTS) is 1. The molecular weight excluding hydrogens is 309 g/mol. The predicted molar refractivity (Wildman–Crippen MR) is 88.4 cm³/mol. The van der Waals surface area contributed by atoms with E-state index in [4.69, 9.17) is 0 Å². The van der Waals surface area contributed by atoms with Crippen LogP contribution in [0.4, 0.5) is 10.1 Å². The summed E-state index contributed by atoms with van der Waals surface area (Å²) < 4.78 is 13.8. The van der Waals surface area contributed by atoms with E-state index < -0.39 is 17.8 Å². The molecule has 1 N–H and O–H groups in total. The summed E-state index contributed by atoms with van der Waals surface area (Å²) in [5.74, 6) is -2.62. The first kappa shape index (κ1) is 16.2. The summed E-state index contributed by atoms with van der Waals surface area (Å²) in [7, 11) is 0. The Hall–Kier alpha value is -2.69. The van der Waals surface area contributed by atoms with Crippen molar-refractivity contribution in [1.29, 1.82) is 0 Å². The number of hydrogen-bond acceptors (Lipinski definition) is 2. The summed E-state index contributed by atoms with van der Waals surface area (Å²) in [5.41, 5.74) is 1.77. The maximum absolute atomic E-state index is 13.8. The van der Waals surface area contributed by atoms with E-state index in [9.17, 15) is 19.1 Å². The summed E-state index contributed by atoms with van der Waals surface area (Å²) in [6.45, 7) is 1.86. The minimum Gasteiger partial charge on any atom is -0.481 e. The number of amides is 1. The fourth-order valence-corrected chi connectivity index (χ4v) is 3.17. The lowest BCUT2D eigenvalue weighted by Crippen LogP contribution is -2.36. The van der Waals surface area contributed by atoms with Gasteiger partial charge in [0.05, 0.1) is 0 Å². The van der Waals surface area contributed by atoms with Crippen molar-refractivity contribution in [2.45, 2.75) is 19.3 Å². The van der Waals surface area contributed by atoms with E-state index >= 15 is 0 Å². The molecule has 1 aliphatic heterocycles. The molecule has 0 aliphatic carbocycles. The number of fused-ring (bicyclic) bond motifs is 1. The molecule has 2 unspecified atom stereocenters. The van der Waals surface area contributed by atoms with Gasteiger partial charge < -0.3 is 10.0 Å². The molecule has 2 atom stereocenters. The summed E-state index contributed by atoms with van der Waals surface area (Å²) in [6, 6.07) is 13.4. The number of nitrogens with zero attached hydrogens (tertiary/aromatic N) is 1. The lowest BCUT2D eigenvalue weighted by molar-refractivity contribution is -0.138. The second-order valence-corrected chi connectivity index (χ2v) is 6.10. The van der Waals surface area contributed by atoms with Crippen molar-refractivity contribution in [3.05, 3.63) is 65.5 Å². The van der Waals surface area contributed by atoms with Gasteiger partial charge in [-0.2, -0.15) is 0 Å². The van der Waals surface area contributed by atoms with Gasteiger partial charge in [0.1, 0.15) is 11.7 Å². The number of aliphatic carboxylic acids is 1. The van der Waals surface area contributed by atoms with Crippen LogP contribution in [-0.4, -0.2) is 23.5 Å². The standard InChI is InChI=1S/C19H18FNO3/c1-12(10-13-6-2-4-8-16(13)20)18(22)21-11-15(19(23)24)14-7-3-5-9-17(14)21/h2-9,12,15H,10-11H2,1H3,(H,23,24). The van der Waals surface area contributed by atoms with Gasteiger partial charge in [0, 0.05) is 18.2 Å². The highest BCUT2D eigenvalue weighted by Gasteiger charge is 2.37. The number of halogens is 1. The number of anilines is 1. The van der Waals surface area contributed by atoms with Gasteiger partial charge in [-0.25, -0.2) is 4.39 Å². The van der Waals surface area contributed by atoms with Crippen LogP contribution in [0.1, 0.15) is 24.0 Å². The van der Waals surface area contributed by atoms with Crippen LogP contribution in [0.5, 0.6) is 0 Å². The maximum Gasteiger partial charge on any atom is 0.312 e. The van der Waals surface area contributed by atoms with Crippen molar-refractivity contribution in [2.24, 2.45) is 5.92 Å². The zero-order valence-corrected chi connectivity index (χ0v) is 13.3. The zero-order valence-electron chi connectivity index (χ0n) is 13.3. The molecule has 1 aliphatic rings. The molecule has 0 fully saturated rings. The van der Waals surface area contributed by atoms with Crippen molar-refractivity contribution in [1.82, 2.24) is 0 Å². The molecule has 3 rings (SSSR count). The van der Waals surface area contributed by atoms with Crippen LogP contribution in [-0.2, 0) is 16.0 Å². The van der Waals surface area contributed by atoms with Crippen molar-refractivity contribution in [3.63, 3.8) is 0 Å². The van der Waals surface area contributed by atoms with Crippen molar-refractivity contribution in [2.75, 3.05) is 11.4 Å². The van der Waals surface area contributed by atoms with Crippen LogP contribution < -0.4 is 4.90 Å². The normalized spacial score (nSPS) is 17.4. The SMILES string of the molecule is CC(Cc1ccccc1F)C(=O)N1CC(C(=O)O)c2ccccc21. The summed E-state index contributed by atoms with van der Waals surface area (Å²) >= 11 is 0. The Morgan fingerprint density at radius 1 is 1.21 bits per heavy atom. The van der Waals surface area contributed by atoms with E-state index in [2.05, 4.69) is 0 Å². The van der Waals surface area contributed by atoms with Gasteiger partial charge in [-0.05, 0) is 29.7 Å². The summed E-state index contributed by atoms with van der Waals surface area (Å²) in [4.78, 5) is 25.8. The molecule has 0 saturated carbocycles. The summed E-state index contributed by atoms with van der Waals surface area (Å²) in [5, 5.41) is 9.38. The molecule has 2 aromatic rings. The number of carbonyl (C=O) groups is 2.